The summed E-state index contributed by atoms with van der Waals surface area (Å²) in [6.07, 6.45) is 2.68. The Hall–Kier alpha value is -1.17. The second-order valence-electron chi connectivity index (χ2n) is 4.67. The molecule has 0 spiro atoms. The summed E-state index contributed by atoms with van der Waals surface area (Å²) in [5.74, 6) is -0.0122. The van der Waals surface area contributed by atoms with Gasteiger partial charge in [0.1, 0.15) is 5.52 Å². The highest BCUT2D eigenvalue weighted by Crippen LogP contribution is 2.32. The molecule has 1 aromatic carbocycles. The van der Waals surface area contributed by atoms with E-state index in [0.29, 0.717) is 17.1 Å². The number of fused-ring (bicyclic) bond motifs is 1. The van der Waals surface area contributed by atoms with Gasteiger partial charge in [0.15, 0.2) is 0 Å². The van der Waals surface area contributed by atoms with Crippen LogP contribution in [0.5, 0.6) is 0 Å². The van der Waals surface area contributed by atoms with E-state index in [0.717, 1.165) is 29.6 Å². The van der Waals surface area contributed by atoms with Crippen molar-refractivity contribution in [3.63, 3.8) is 0 Å². The number of rotatable bonds is 3. The molecule has 0 saturated carbocycles. The van der Waals surface area contributed by atoms with E-state index < -0.39 is 0 Å². The Balaban J connectivity index is 1.78. The van der Waals surface area contributed by atoms with Crippen LogP contribution in [0.2, 0.25) is 5.02 Å². The second kappa shape index (κ2) is 5.45. The number of benzene rings is 1. The Kier molecular flexibility index (Phi) is 3.68. The number of aromatic nitrogens is 1. The first kappa shape index (κ1) is 12.8. The molecule has 100 valence electrons. The number of halogens is 1. The molecule has 1 aliphatic heterocycles. The summed E-state index contributed by atoms with van der Waals surface area (Å²) < 4.78 is 1.03. The van der Waals surface area contributed by atoms with E-state index in [4.69, 9.17) is 11.6 Å². The van der Waals surface area contributed by atoms with Gasteiger partial charge in [-0.3, -0.25) is 4.79 Å². The summed E-state index contributed by atoms with van der Waals surface area (Å²) in [5.41, 5.74) is 3.16. The first-order valence-electron chi connectivity index (χ1n) is 6.29. The monoisotopic (exact) mass is 295 g/mol. The van der Waals surface area contributed by atoms with E-state index in [1.54, 1.807) is 11.6 Å². The van der Waals surface area contributed by atoms with Gasteiger partial charge in [-0.15, -0.1) is 11.3 Å². The van der Waals surface area contributed by atoms with Gasteiger partial charge < -0.3 is 10.6 Å². The highest BCUT2D eigenvalue weighted by atomic mass is 35.5. The lowest BCUT2D eigenvalue weighted by Crippen LogP contribution is -2.27. The molecule has 1 unspecified atom stereocenters. The third kappa shape index (κ3) is 2.73. The molecule has 2 N–H and O–H groups in total. The molecule has 1 amide bonds. The second-order valence-corrected chi connectivity index (χ2v) is 5.96. The van der Waals surface area contributed by atoms with Gasteiger partial charge in [0.25, 0.3) is 0 Å². The minimum Gasteiger partial charge on any atom is -0.323 e. The molecule has 1 saturated heterocycles. The van der Waals surface area contributed by atoms with E-state index in [9.17, 15) is 4.79 Å². The van der Waals surface area contributed by atoms with Gasteiger partial charge in [0, 0.05) is 12.5 Å². The molecule has 0 bridgehead atoms. The average Bonchev–Trinajstić information content (AvgIpc) is 3.03. The maximum atomic E-state index is 12.1. The first-order chi connectivity index (χ1) is 9.24. The van der Waals surface area contributed by atoms with E-state index in [1.165, 1.54) is 11.3 Å². The molecule has 19 heavy (non-hydrogen) atoms. The number of nitrogens with one attached hydrogen (secondary N) is 2. The number of amides is 1. The molecule has 3 rings (SSSR count). The maximum absolute atomic E-state index is 12.1. The van der Waals surface area contributed by atoms with Gasteiger partial charge in [-0.25, -0.2) is 4.98 Å². The lowest BCUT2D eigenvalue weighted by atomic mass is 10.1. The van der Waals surface area contributed by atoms with Crippen LogP contribution in [-0.4, -0.2) is 23.5 Å². The van der Waals surface area contributed by atoms with Gasteiger partial charge in [-0.05, 0) is 31.5 Å². The van der Waals surface area contributed by atoms with Crippen molar-refractivity contribution in [1.29, 1.82) is 0 Å². The van der Waals surface area contributed by atoms with Gasteiger partial charge in [0.05, 0.1) is 20.9 Å². The van der Waals surface area contributed by atoms with Gasteiger partial charge >= 0.3 is 0 Å². The molecule has 2 heterocycles. The lowest BCUT2D eigenvalue weighted by molar-refractivity contribution is -0.116. The number of thiazole rings is 1. The van der Waals surface area contributed by atoms with Crippen molar-refractivity contribution in [3.8, 4) is 0 Å². The Morgan fingerprint density at radius 3 is 3.26 bits per heavy atom. The van der Waals surface area contributed by atoms with Crippen LogP contribution in [0.3, 0.4) is 0 Å². The van der Waals surface area contributed by atoms with E-state index in [-0.39, 0.29) is 11.9 Å². The average molecular weight is 296 g/mol. The zero-order valence-electron chi connectivity index (χ0n) is 10.3. The van der Waals surface area contributed by atoms with Crippen molar-refractivity contribution in [2.75, 3.05) is 11.9 Å². The summed E-state index contributed by atoms with van der Waals surface area (Å²) in [6.45, 7) is 1.00. The molecule has 0 aliphatic carbocycles. The first-order valence-corrected chi connectivity index (χ1v) is 7.55. The fourth-order valence-electron chi connectivity index (χ4n) is 2.37. The van der Waals surface area contributed by atoms with Crippen molar-refractivity contribution in [2.45, 2.75) is 25.3 Å². The molecular weight excluding hydrogens is 282 g/mol. The van der Waals surface area contributed by atoms with Crippen LogP contribution in [0, 0.1) is 0 Å². The van der Waals surface area contributed by atoms with Crippen LogP contribution in [0.4, 0.5) is 5.69 Å². The van der Waals surface area contributed by atoms with Crippen molar-refractivity contribution in [2.24, 2.45) is 0 Å². The van der Waals surface area contributed by atoms with E-state index >= 15 is 0 Å². The summed E-state index contributed by atoms with van der Waals surface area (Å²) in [6, 6.07) is 4.00. The number of carbonyl (C=O) groups is 1. The number of hydrogen-bond acceptors (Lipinski definition) is 4. The van der Waals surface area contributed by atoms with E-state index in [2.05, 4.69) is 15.6 Å². The summed E-state index contributed by atoms with van der Waals surface area (Å²) in [4.78, 5) is 16.3. The predicted molar refractivity (Wildman–Crippen MR) is 78.9 cm³/mol. The number of nitrogens with zero attached hydrogens (tertiary/aromatic N) is 1. The summed E-state index contributed by atoms with van der Waals surface area (Å²) in [5, 5.41) is 6.75. The zero-order valence-corrected chi connectivity index (χ0v) is 11.9. The number of hydrogen-bond donors (Lipinski definition) is 2. The van der Waals surface area contributed by atoms with E-state index in [1.807, 2.05) is 6.07 Å². The van der Waals surface area contributed by atoms with Gasteiger partial charge in [-0.1, -0.05) is 11.6 Å². The highest BCUT2D eigenvalue weighted by molar-refractivity contribution is 7.16. The third-order valence-electron chi connectivity index (χ3n) is 3.31. The van der Waals surface area contributed by atoms with Crippen LogP contribution < -0.4 is 10.6 Å². The largest absolute Gasteiger partial charge is 0.323 e. The van der Waals surface area contributed by atoms with Crippen molar-refractivity contribution in [1.82, 2.24) is 10.3 Å². The molecule has 1 aromatic heterocycles. The Bertz CT molecular complexity index is 607. The molecular formula is C13H14ClN3OS. The van der Waals surface area contributed by atoms with Crippen LogP contribution in [0.1, 0.15) is 19.3 Å². The Morgan fingerprint density at radius 2 is 2.47 bits per heavy atom. The fourth-order valence-corrected chi connectivity index (χ4v) is 3.26. The molecule has 4 nitrogen and oxygen atoms in total. The van der Waals surface area contributed by atoms with Gasteiger partial charge in [0.2, 0.25) is 5.91 Å². The Morgan fingerprint density at radius 1 is 1.58 bits per heavy atom. The normalized spacial score (nSPS) is 18.9. The number of anilines is 1. The number of carbonyl (C=O) groups excluding carboxylic acids is 1. The quantitative estimate of drug-likeness (QED) is 0.915. The summed E-state index contributed by atoms with van der Waals surface area (Å²) >= 11 is 7.69. The van der Waals surface area contributed by atoms with Crippen molar-refractivity contribution >= 4 is 44.7 Å². The lowest BCUT2D eigenvalue weighted by Gasteiger charge is -2.11. The molecule has 1 fully saturated rings. The summed E-state index contributed by atoms with van der Waals surface area (Å²) in [7, 11) is 0. The minimum absolute atomic E-state index is 0.0122. The third-order valence-corrected chi connectivity index (χ3v) is 4.42. The van der Waals surface area contributed by atoms with Gasteiger partial charge in [-0.2, -0.15) is 0 Å². The molecule has 1 aliphatic rings. The topological polar surface area (TPSA) is 54.0 Å². The van der Waals surface area contributed by atoms with Crippen molar-refractivity contribution < 1.29 is 4.79 Å². The predicted octanol–water partition coefficient (Wildman–Crippen LogP) is 3.03. The highest BCUT2D eigenvalue weighted by Gasteiger charge is 2.19. The minimum atomic E-state index is -0.0122. The van der Waals surface area contributed by atoms with Crippen LogP contribution >= 0.6 is 22.9 Å². The Labute approximate surface area is 120 Å². The molecule has 6 heteroatoms. The van der Waals surface area contributed by atoms with Crippen LogP contribution in [0.25, 0.3) is 10.2 Å². The maximum Gasteiger partial charge on any atom is 0.226 e. The van der Waals surface area contributed by atoms with Crippen LogP contribution in [-0.2, 0) is 4.79 Å². The molecule has 2 aromatic rings. The SMILES string of the molecule is O=C(CC1CCCN1)Nc1c(Cl)ccc2scnc12. The molecule has 1 atom stereocenters. The fraction of sp³-hybridized carbons (Fsp3) is 0.385. The van der Waals surface area contributed by atoms with Crippen molar-refractivity contribution in [3.05, 3.63) is 22.7 Å². The molecule has 0 radical (unpaired) electrons. The smallest absolute Gasteiger partial charge is 0.226 e. The van der Waals surface area contributed by atoms with Crippen LogP contribution in [0.15, 0.2) is 17.6 Å². The standard InChI is InChI=1S/C13H14ClN3OS/c14-9-3-4-10-13(16-7-19-10)12(9)17-11(18)6-8-2-1-5-15-8/h3-4,7-8,15H,1-2,5-6H2,(H,17,18). The zero-order chi connectivity index (χ0) is 13.2.